The average molecular weight is 339 g/mol. The van der Waals surface area contributed by atoms with E-state index in [0.29, 0.717) is 13.1 Å². The van der Waals surface area contributed by atoms with Gasteiger partial charge in [0.25, 0.3) is 5.91 Å². The number of fused-ring (bicyclic) bond motifs is 2. The van der Waals surface area contributed by atoms with E-state index >= 15 is 0 Å². The van der Waals surface area contributed by atoms with Gasteiger partial charge >= 0.3 is 0 Å². The lowest BCUT2D eigenvalue weighted by atomic mass is 9.96. The van der Waals surface area contributed by atoms with Gasteiger partial charge in [0.05, 0.1) is 12.2 Å². The first-order chi connectivity index (χ1) is 12.2. The zero-order chi connectivity index (χ0) is 17.2. The van der Waals surface area contributed by atoms with E-state index in [1.165, 1.54) is 11.1 Å². The van der Waals surface area contributed by atoms with Gasteiger partial charge in [-0.15, -0.1) is 0 Å². The zero-order valence-corrected chi connectivity index (χ0v) is 14.1. The molecule has 1 aromatic heterocycles. The highest BCUT2D eigenvalue weighted by molar-refractivity contribution is 5.95. The standard InChI is InChI=1S/C19H21N3O3/c23-17(22-10-9-13-5-1-2-6-14(13)12-22)11-20-19(24)18-15-7-3-4-8-16(15)21-25-18/h1-2,5-6H,3-4,7-12H2,(H,20,24). The van der Waals surface area contributed by atoms with E-state index in [9.17, 15) is 9.59 Å². The highest BCUT2D eigenvalue weighted by Crippen LogP contribution is 2.23. The Hall–Kier alpha value is -2.63. The molecule has 1 N–H and O–H groups in total. The van der Waals surface area contributed by atoms with Gasteiger partial charge in [-0.1, -0.05) is 29.4 Å². The summed E-state index contributed by atoms with van der Waals surface area (Å²) in [5, 5.41) is 6.68. The largest absolute Gasteiger partial charge is 0.350 e. The number of aromatic nitrogens is 1. The maximum Gasteiger partial charge on any atom is 0.290 e. The molecule has 1 aliphatic heterocycles. The van der Waals surface area contributed by atoms with Crippen LogP contribution in [0.1, 0.15) is 45.8 Å². The molecule has 1 aromatic carbocycles. The van der Waals surface area contributed by atoms with Gasteiger partial charge in [0, 0.05) is 18.7 Å². The van der Waals surface area contributed by atoms with E-state index in [0.717, 1.165) is 43.4 Å². The molecule has 0 spiro atoms. The fourth-order valence-electron chi connectivity index (χ4n) is 3.63. The molecule has 0 bridgehead atoms. The van der Waals surface area contributed by atoms with Crippen LogP contribution in [-0.4, -0.2) is 35.0 Å². The SMILES string of the molecule is O=C(NCC(=O)N1CCc2ccccc2C1)c1onc2c1CCCC2. The fraction of sp³-hybridized carbons (Fsp3) is 0.421. The molecular formula is C19H21N3O3. The lowest BCUT2D eigenvalue weighted by molar-refractivity contribution is -0.131. The van der Waals surface area contributed by atoms with Crippen molar-refractivity contribution in [3.8, 4) is 0 Å². The summed E-state index contributed by atoms with van der Waals surface area (Å²) in [4.78, 5) is 26.6. The molecule has 6 heteroatoms. The molecule has 0 saturated heterocycles. The lowest BCUT2D eigenvalue weighted by Crippen LogP contribution is -2.42. The quantitative estimate of drug-likeness (QED) is 0.926. The molecule has 2 aliphatic rings. The highest BCUT2D eigenvalue weighted by atomic mass is 16.5. The average Bonchev–Trinajstić information content (AvgIpc) is 3.09. The predicted octanol–water partition coefficient (Wildman–Crippen LogP) is 1.87. The monoisotopic (exact) mass is 339 g/mol. The van der Waals surface area contributed by atoms with Crippen LogP contribution in [0.3, 0.4) is 0 Å². The first-order valence-electron chi connectivity index (χ1n) is 8.82. The minimum absolute atomic E-state index is 0.0174. The molecule has 1 aliphatic carbocycles. The van der Waals surface area contributed by atoms with Crippen molar-refractivity contribution in [1.82, 2.24) is 15.4 Å². The number of carbonyl (C=O) groups is 2. The van der Waals surface area contributed by atoms with Gasteiger partial charge < -0.3 is 14.7 Å². The molecule has 4 rings (SSSR count). The maximum atomic E-state index is 12.4. The molecule has 130 valence electrons. The first-order valence-corrected chi connectivity index (χ1v) is 8.82. The number of amides is 2. The molecule has 6 nitrogen and oxygen atoms in total. The van der Waals surface area contributed by atoms with Crippen LogP contribution in [0.4, 0.5) is 0 Å². The Morgan fingerprint density at radius 2 is 1.92 bits per heavy atom. The number of benzene rings is 1. The van der Waals surface area contributed by atoms with E-state index in [1.807, 2.05) is 18.2 Å². The summed E-state index contributed by atoms with van der Waals surface area (Å²) in [6.45, 7) is 1.27. The van der Waals surface area contributed by atoms with Crippen molar-refractivity contribution in [2.45, 2.75) is 38.6 Å². The number of hydrogen-bond donors (Lipinski definition) is 1. The van der Waals surface area contributed by atoms with Gasteiger partial charge in [-0.2, -0.15) is 0 Å². The van der Waals surface area contributed by atoms with Gasteiger partial charge in [0.2, 0.25) is 11.7 Å². The molecular weight excluding hydrogens is 318 g/mol. The first kappa shape index (κ1) is 15.9. The molecule has 25 heavy (non-hydrogen) atoms. The Labute approximate surface area is 146 Å². The van der Waals surface area contributed by atoms with E-state index < -0.39 is 0 Å². The topological polar surface area (TPSA) is 75.4 Å². The summed E-state index contributed by atoms with van der Waals surface area (Å²) < 4.78 is 5.22. The fourth-order valence-corrected chi connectivity index (χ4v) is 3.63. The van der Waals surface area contributed by atoms with Crippen molar-refractivity contribution < 1.29 is 14.1 Å². The summed E-state index contributed by atoms with van der Waals surface area (Å²) >= 11 is 0. The van der Waals surface area contributed by atoms with E-state index in [2.05, 4.69) is 16.5 Å². The minimum atomic E-state index is -0.346. The number of nitrogens with zero attached hydrogens (tertiary/aromatic N) is 2. The smallest absolute Gasteiger partial charge is 0.290 e. The Morgan fingerprint density at radius 3 is 2.80 bits per heavy atom. The number of rotatable bonds is 3. The molecule has 2 amide bonds. The zero-order valence-electron chi connectivity index (χ0n) is 14.1. The molecule has 2 heterocycles. The van der Waals surface area contributed by atoms with Gasteiger partial charge in [0.15, 0.2) is 0 Å². The molecule has 0 saturated carbocycles. The van der Waals surface area contributed by atoms with Crippen molar-refractivity contribution in [3.63, 3.8) is 0 Å². The predicted molar refractivity (Wildman–Crippen MR) is 91.0 cm³/mol. The van der Waals surface area contributed by atoms with Crippen LogP contribution >= 0.6 is 0 Å². The summed E-state index contributed by atoms with van der Waals surface area (Å²) in [7, 11) is 0. The molecule has 0 unspecified atom stereocenters. The van der Waals surface area contributed by atoms with Crippen molar-refractivity contribution in [2.24, 2.45) is 0 Å². The highest BCUT2D eigenvalue weighted by Gasteiger charge is 2.25. The van der Waals surface area contributed by atoms with Crippen LogP contribution in [0.2, 0.25) is 0 Å². The van der Waals surface area contributed by atoms with Gasteiger partial charge in [-0.3, -0.25) is 9.59 Å². The molecule has 0 atom stereocenters. The maximum absolute atomic E-state index is 12.4. The van der Waals surface area contributed by atoms with Crippen molar-refractivity contribution in [2.75, 3.05) is 13.1 Å². The number of hydrogen-bond acceptors (Lipinski definition) is 4. The summed E-state index contributed by atoms with van der Waals surface area (Å²) in [5.41, 5.74) is 4.26. The number of aryl methyl sites for hydroxylation is 1. The van der Waals surface area contributed by atoms with E-state index in [4.69, 9.17) is 4.52 Å². The van der Waals surface area contributed by atoms with Gasteiger partial charge in [-0.05, 0) is 43.2 Å². The van der Waals surface area contributed by atoms with Crippen molar-refractivity contribution in [3.05, 3.63) is 52.4 Å². The van der Waals surface area contributed by atoms with Crippen LogP contribution in [0.25, 0.3) is 0 Å². The van der Waals surface area contributed by atoms with Crippen LogP contribution in [0.15, 0.2) is 28.8 Å². The Kier molecular flexibility index (Phi) is 4.26. The Bertz CT molecular complexity index is 812. The van der Waals surface area contributed by atoms with E-state index in [1.54, 1.807) is 4.90 Å². The second kappa shape index (κ2) is 6.70. The lowest BCUT2D eigenvalue weighted by Gasteiger charge is -2.28. The second-order valence-electron chi connectivity index (χ2n) is 6.66. The van der Waals surface area contributed by atoms with Crippen LogP contribution in [0.5, 0.6) is 0 Å². The van der Waals surface area contributed by atoms with Gasteiger partial charge in [-0.25, -0.2) is 0 Å². The number of carbonyl (C=O) groups excluding carboxylic acids is 2. The summed E-state index contributed by atoms with van der Waals surface area (Å²) in [5.74, 6) is -0.149. The third-order valence-electron chi connectivity index (χ3n) is 5.05. The molecule has 0 radical (unpaired) electrons. The molecule has 2 aromatic rings. The van der Waals surface area contributed by atoms with Crippen LogP contribution < -0.4 is 5.32 Å². The molecule has 0 fully saturated rings. The third-order valence-corrected chi connectivity index (χ3v) is 5.05. The Balaban J connectivity index is 1.36. The summed E-state index contributed by atoms with van der Waals surface area (Å²) in [6, 6.07) is 8.16. The normalized spacial score (nSPS) is 16.1. The van der Waals surface area contributed by atoms with E-state index in [-0.39, 0.29) is 24.1 Å². The summed E-state index contributed by atoms with van der Waals surface area (Å²) in [6.07, 6.45) is 4.65. The van der Waals surface area contributed by atoms with Gasteiger partial charge in [0.1, 0.15) is 0 Å². The van der Waals surface area contributed by atoms with Crippen LogP contribution in [0, 0.1) is 0 Å². The Morgan fingerprint density at radius 1 is 1.12 bits per heavy atom. The minimum Gasteiger partial charge on any atom is -0.350 e. The van der Waals surface area contributed by atoms with Crippen molar-refractivity contribution >= 4 is 11.8 Å². The second-order valence-corrected chi connectivity index (χ2v) is 6.66. The van der Waals surface area contributed by atoms with Crippen molar-refractivity contribution in [1.29, 1.82) is 0 Å². The van der Waals surface area contributed by atoms with Crippen LogP contribution in [-0.2, 0) is 30.6 Å². The number of nitrogens with one attached hydrogen (secondary N) is 1. The third kappa shape index (κ3) is 3.16.